The lowest BCUT2D eigenvalue weighted by Crippen LogP contribution is -2.29. The van der Waals surface area contributed by atoms with E-state index in [0.717, 1.165) is 0 Å². The highest BCUT2D eigenvalue weighted by Gasteiger charge is 2.10. The molecule has 94 valence electrons. The Bertz CT molecular complexity index is 401. The smallest absolute Gasteiger partial charge is 0.220 e. The van der Waals surface area contributed by atoms with Crippen molar-refractivity contribution in [1.29, 1.82) is 0 Å². The summed E-state index contributed by atoms with van der Waals surface area (Å²) in [5, 5.41) is 2.79. The van der Waals surface area contributed by atoms with E-state index in [0.29, 0.717) is 28.5 Å². The van der Waals surface area contributed by atoms with Crippen LogP contribution in [-0.4, -0.2) is 17.7 Å². The van der Waals surface area contributed by atoms with E-state index in [-0.39, 0.29) is 17.7 Å². The second-order valence-corrected chi connectivity index (χ2v) is 5.82. The lowest BCUT2D eigenvalue weighted by molar-refractivity contribution is -0.121. The molecular formula is C12H16ClNO2S. The molecule has 1 amide bonds. The molecule has 0 aliphatic heterocycles. The number of Topliss-reactive ketones (excluding diaryl/α,β-unsaturated/α-hetero) is 1. The Morgan fingerprint density at radius 2 is 2.06 bits per heavy atom. The normalized spacial score (nSPS) is 10.6. The maximum atomic E-state index is 11.7. The van der Waals surface area contributed by atoms with E-state index in [9.17, 15) is 9.59 Å². The first-order chi connectivity index (χ1) is 7.99. The van der Waals surface area contributed by atoms with Crippen LogP contribution in [0.15, 0.2) is 12.1 Å². The number of hydrogen-bond donors (Lipinski definition) is 1. The molecule has 0 aliphatic rings. The molecule has 0 saturated carbocycles. The lowest BCUT2D eigenvalue weighted by Gasteiger charge is -2.07. The van der Waals surface area contributed by atoms with Crippen molar-refractivity contribution in [3.63, 3.8) is 0 Å². The number of rotatable bonds is 6. The number of hydrogen-bond acceptors (Lipinski definition) is 3. The monoisotopic (exact) mass is 273 g/mol. The molecule has 0 aliphatic carbocycles. The molecule has 0 bridgehead atoms. The fourth-order valence-electron chi connectivity index (χ4n) is 1.39. The van der Waals surface area contributed by atoms with Gasteiger partial charge in [0.15, 0.2) is 5.78 Å². The SMILES string of the molecule is CC(C)NC(=O)CCCC(=O)c1ccc(Cl)s1. The number of amides is 1. The highest BCUT2D eigenvalue weighted by atomic mass is 35.5. The van der Waals surface area contributed by atoms with E-state index in [4.69, 9.17) is 11.6 Å². The van der Waals surface area contributed by atoms with Crippen LogP contribution in [0.4, 0.5) is 0 Å². The average molecular weight is 274 g/mol. The van der Waals surface area contributed by atoms with Crippen LogP contribution in [0.1, 0.15) is 42.8 Å². The van der Waals surface area contributed by atoms with E-state index < -0.39 is 0 Å². The maximum absolute atomic E-state index is 11.7. The zero-order chi connectivity index (χ0) is 12.8. The zero-order valence-electron chi connectivity index (χ0n) is 9.96. The summed E-state index contributed by atoms with van der Waals surface area (Å²) in [6.07, 6.45) is 1.36. The quantitative estimate of drug-likeness (QED) is 0.809. The highest BCUT2D eigenvalue weighted by Crippen LogP contribution is 2.23. The molecule has 1 heterocycles. The minimum absolute atomic E-state index is 0.00277. The fourth-order valence-corrected chi connectivity index (χ4v) is 2.40. The summed E-state index contributed by atoms with van der Waals surface area (Å²) in [7, 11) is 0. The molecule has 0 fully saturated rings. The van der Waals surface area contributed by atoms with Gasteiger partial charge in [-0.25, -0.2) is 0 Å². The van der Waals surface area contributed by atoms with Gasteiger partial charge >= 0.3 is 0 Å². The minimum atomic E-state index is -0.00277. The molecule has 0 atom stereocenters. The van der Waals surface area contributed by atoms with E-state index in [1.54, 1.807) is 12.1 Å². The predicted octanol–water partition coefficient (Wildman–Crippen LogP) is 3.28. The second kappa shape index (κ2) is 6.77. The van der Waals surface area contributed by atoms with Crippen LogP contribution < -0.4 is 5.32 Å². The number of ketones is 1. The van der Waals surface area contributed by atoms with Crippen molar-refractivity contribution in [3.8, 4) is 0 Å². The number of thiophene rings is 1. The molecule has 1 aromatic heterocycles. The fraction of sp³-hybridized carbons (Fsp3) is 0.500. The highest BCUT2D eigenvalue weighted by molar-refractivity contribution is 7.18. The zero-order valence-corrected chi connectivity index (χ0v) is 11.5. The average Bonchev–Trinajstić information content (AvgIpc) is 2.63. The molecular weight excluding hydrogens is 258 g/mol. The van der Waals surface area contributed by atoms with Crippen molar-refractivity contribution >= 4 is 34.6 Å². The first-order valence-corrected chi connectivity index (χ1v) is 6.76. The van der Waals surface area contributed by atoms with Gasteiger partial charge in [0, 0.05) is 18.9 Å². The van der Waals surface area contributed by atoms with Gasteiger partial charge in [0.1, 0.15) is 0 Å². The van der Waals surface area contributed by atoms with Crippen LogP contribution in [0.25, 0.3) is 0 Å². The number of carbonyl (C=O) groups is 2. The molecule has 1 N–H and O–H groups in total. The van der Waals surface area contributed by atoms with Gasteiger partial charge in [0.2, 0.25) is 5.91 Å². The number of nitrogens with one attached hydrogen (secondary N) is 1. The van der Waals surface area contributed by atoms with Crippen molar-refractivity contribution in [2.45, 2.75) is 39.2 Å². The third-order valence-corrected chi connectivity index (χ3v) is 3.38. The van der Waals surface area contributed by atoms with Crippen LogP contribution >= 0.6 is 22.9 Å². The Morgan fingerprint density at radius 1 is 1.35 bits per heavy atom. The van der Waals surface area contributed by atoms with E-state index in [1.807, 2.05) is 13.8 Å². The standard InChI is InChI=1S/C12H16ClNO2S/c1-8(2)14-12(16)5-3-4-9(15)10-6-7-11(13)17-10/h6-8H,3-5H2,1-2H3,(H,14,16). The summed E-state index contributed by atoms with van der Waals surface area (Å²) >= 11 is 7.03. The third kappa shape index (κ3) is 5.33. The molecule has 0 radical (unpaired) electrons. The molecule has 0 unspecified atom stereocenters. The van der Waals surface area contributed by atoms with Crippen molar-refractivity contribution in [2.24, 2.45) is 0 Å². The predicted molar refractivity (Wildman–Crippen MR) is 70.8 cm³/mol. The number of carbonyl (C=O) groups excluding carboxylic acids is 2. The van der Waals surface area contributed by atoms with Crippen LogP contribution in [0.5, 0.6) is 0 Å². The molecule has 0 saturated heterocycles. The van der Waals surface area contributed by atoms with E-state index in [1.165, 1.54) is 11.3 Å². The van der Waals surface area contributed by atoms with Gasteiger partial charge in [-0.2, -0.15) is 0 Å². The topological polar surface area (TPSA) is 46.2 Å². The van der Waals surface area contributed by atoms with Gasteiger partial charge in [0.25, 0.3) is 0 Å². The van der Waals surface area contributed by atoms with Gasteiger partial charge in [0.05, 0.1) is 9.21 Å². The molecule has 0 spiro atoms. The molecule has 0 aromatic carbocycles. The third-order valence-electron chi connectivity index (χ3n) is 2.11. The summed E-state index contributed by atoms with van der Waals surface area (Å²) in [5.41, 5.74) is 0. The molecule has 17 heavy (non-hydrogen) atoms. The first-order valence-electron chi connectivity index (χ1n) is 5.57. The first kappa shape index (κ1) is 14.2. The Morgan fingerprint density at radius 3 is 2.59 bits per heavy atom. The Kier molecular flexibility index (Phi) is 5.65. The Hall–Kier alpha value is -0.870. The van der Waals surface area contributed by atoms with Gasteiger partial charge in [-0.05, 0) is 32.4 Å². The molecule has 3 nitrogen and oxygen atoms in total. The van der Waals surface area contributed by atoms with Crippen LogP contribution in [0.2, 0.25) is 4.34 Å². The summed E-state index contributed by atoms with van der Waals surface area (Å²) in [4.78, 5) is 23.7. The minimum Gasteiger partial charge on any atom is -0.354 e. The maximum Gasteiger partial charge on any atom is 0.220 e. The summed E-state index contributed by atoms with van der Waals surface area (Å²) in [6.45, 7) is 3.83. The van der Waals surface area contributed by atoms with Crippen molar-refractivity contribution < 1.29 is 9.59 Å². The summed E-state index contributed by atoms with van der Waals surface area (Å²) < 4.78 is 0.617. The van der Waals surface area contributed by atoms with Gasteiger partial charge in [-0.15, -0.1) is 11.3 Å². The van der Waals surface area contributed by atoms with Crippen LogP contribution in [0.3, 0.4) is 0 Å². The molecule has 5 heteroatoms. The van der Waals surface area contributed by atoms with Gasteiger partial charge in [-0.1, -0.05) is 11.6 Å². The van der Waals surface area contributed by atoms with Crippen molar-refractivity contribution in [2.75, 3.05) is 0 Å². The lowest BCUT2D eigenvalue weighted by atomic mass is 10.1. The van der Waals surface area contributed by atoms with Gasteiger partial charge < -0.3 is 5.32 Å². The van der Waals surface area contributed by atoms with Crippen molar-refractivity contribution in [3.05, 3.63) is 21.3 Å². The second-order valence-electron chi connectivity index (χ2n) is 4.10. The largest absolute Gasteiger partial charge is 0.354 e. The van der Waals surface area contributed by atoms with Crippen LogP contribution in [0, 0.1) is 0 Å². The Labute approximate surface area is 110 Å². The van der Waals surface area contributed by atoms with E-state index >= 15 is 0 Å². The van der Waals surface area contributed by atoms with Gasteiger partial charge in [-0.3, -0.25) is 9.59 Å². The Balaban J connectivity index is 2.27. The molecule has 1 aromatic rings. The summed E-state index contributed by atoms with van der Waals surface area (Å²) in [5.74, 6) is 0.0521. The van der Waals surface area contributed by atoms with Crippen LogP contribution in [-0.2, 0) is 4.79 Å². The molecule has 1 rings (SSSR count). The summed E-state index contributed by atoms with van der Waals surface area (Å²) in [6, 6.07) is 3.59. The van der Waals surface area contributed by atoms with E-state index in [2.05, 4.69) is 5.32 Å². The van der Waals surface area contributed by atoms with Crippen molar-refractivity contribution in [1.82, 2.24) is 5.32 Å². The number of halogens is 1.